The molecular formula is C27H40N2O5. The Morgan fingerprint density at radius 1 is 1.09 bits per heavy atom. The number of esters is 1. The second-order valence-corrected chi connectivity index (χ2v) is 6.89. The number of hydrogen-bond donors (Lipinski definition) is 0. The Kier molecular flexibility index (Phi) is 19.6. The predicted molar refractivity (Wildman–Crippen MR) is 139 cm³/mol. The highest BCUT2D eigenvalue weighted by Crippen LogP contribution is 2.24. The molecule has 0 bridgehead atoms. The van der Waals surface area contributed by atoms with Crippen molar-refractivity contribution in [3.05, 3.63) is 70.7 Å². The standard InChI is InChI=1S/C15H18N2O4.C8H10.C2H6O.C2H6/c1-5-21-15(20)13(8-18)7-17(9-19)14-10(2)6-11(3)16-12(14)4;1-8-6-4-2-3-5-7-8;1-3-2;1-2/h6-9H,5H2,1-4H3;2-6H,7H2,1H3;1-2H3;1-2H3/b13-7+;;;. The van der Waals surface area contributed by atoms with E-state index in [1.54, 1.807) is 28.1 Å². The average Bonchev–Trinajstić information content (AvgIpc) is 3.05. The largest absolute Gasteiger partial charge is 0.462 e. The summed E-state index contributed by atoms with van der Waals surface area (Å²) < 4.78 is 9.01. The number of aromatic nitrogens is 1. The van der Waals surface area contributed by atoms with E-state index in [1.165, 1.54) is 5.57 Å². The van der Waals surface area contributed by atoms with Gasteiger partial charge in [0.05, 0.1) is 18.0 Å². The Morgan fingerprint density at radius 3 is 2.21 bits per heavy atom. The predicted octanol–water partition coefficient (Wildman–Crippen LogP) is 5.35. The topological polar surface area (TPSA) is 85.8 Å². The van der Waals surface area contributed by atoms with Crippen LogP contribution in [0.3, 0.4) is 0 Å². The van der Waals surface area contributed by atoms with E-state index < -0.39 is 5.97 Å². The number of nitrogens with zero attached hydrogens (tertiary/aromatic N) is 2. The molecule has 0 spiro atoms. The van der Waals surface area contributed by atoms with Crippen molar-refractivity contribution in [3.63, 3.8) is 0 Å². The van der Waals surface area contributed by atoms with E-state index in [0.717, 1.165) is 28.8 Å². The number of ether oxygens (including phenoxy) is 2. The zero-order valence-corrected chi connectivity index (χ0v) is 22.0. The normalized spacial score (nSPS) is 11.7. The summed E-state index contributed by atoms with van der Waals surface area (Å²) in [4.78, 5) is 39.4. The molecule has 1 amide bonds. The summed E-state index contributed by atoms with van der Waals surface area (Å²) in [5.74, 6) is -0.769. The molecule has 0 aliphatic heterocycles. The number of aryl methyl sites for hydroxylation is 3. The van der Waals surface area contributed by atoms with Crippen LogP contribution in [0.4, 0.5) is 5.69 Å². The van der Waals surface area contributed by atoms with Gasteiger partial charge in [0.15, 0.2) is 6.29 Å². The van der Waals surface area contributed by atoms with E-state index in [-0.39, 0.29) is 12.2 Å². The van der Waals surface area contributed by atoms with Gasteiger partial charge >= 0.3 is 5.97 Å². The van der Waals surface area contributed by atoms with Crippen molar-refractivity contribution >= 4 is 24.4 Å². The first-order chi connectivity index (χ1) is 16.2. The Hall–Kier alpha value is -3.32. The van der Waals surface area contributed by atoms with E-state index in [9.17, 15) is 14.4 Å². The van der Waals surface area contributed by atoms with E-state index in [0.29, 0.717) is 24.1 Å². The number of carbonyl (C=O) groups is 3. The fraction of sp³-hybridized carbons (Fsp3) is 0.407. The van der Waals surface area contributed by atoms with E-state index in [4.69, 9.17) is 4.74 Å². The third-order valence-corrected chi connectivity index (χ3v) is 3.95. The van der Waals surface area contributed by atoms with Crippen molar-refractivity contribution in [2.75, 3.05) is 25.7 Å². The minimum absolute atomic E-state index is 0.148. The van der Waals surface area contributed by atoms with E-state index >= 15 is 0 Å². The first-order valence-electron chi connectivity index (χ1n) is 11.2. The quantitative estimate of drug-likeness (QED) is 0.182. The number of methoxy groups -OCH3 is 1. The lowest BCUT2D eigenvalue weighted by molar-refractivity contribution is -0.139. The number of amides is 1. The smallest absolute Gasteiger partial charge is 0.342 e. The van der Waals surface area contributed by atoms with E-state index in [1.807, 2.05) is 33.8 Å². The van der Waals surface area contributed by atoms with Crippen molar-refractivity contribution in [1.29, 1.82) is 0 Å². The molecule has 0 saturated heterocycles. The molecule has 1 aromatic heterocycles. The number of hydrogen-bond acceptors (Lipinski definition) is 6. The summed E-state index contributed by atoms with van der Waals surface area (Å²) in [5, 5.41) is 0. The van der Waals surface area contributed by atoms with Crippen LogP contribution >= 0.6 is 0 Å². The average molecular weight is 473 g/mol. The zero-order chi connectivity index (χ0) is 26.5. The van der Waals surface area contributed by atoms with Crippen LogP contribution in [0.2, 0.25) is 0 Å². The van der Waals surface area contributed by atoms with Crippen LogP contribution in [0.25, 0.3) is 0 Å². The number of carbonyl (C=O) groups excluding carboxylic acids is 3. The number of rotatable bonds is 6. The summed E-state index contributed by atoms with van der Waals surface area (Å²) in [6.07, 6.45) is 13.6. The van der Waals surface area contributed by atoms with Crippen molar-refractivity contribution in [2.24, 2.45) is 0 Å². The van der Waals surface area contributed by atoms with Gasteiger partial charge in [-0.15, -0.1) is 0 Å². The second kappa shape index (κ2) is 20.3. The molecule has 188 valence electrons. The molecule has 1 heterocycles. The van der Waals surface area contributed by atoms with Crippen LogP contribution in [0.15, 0.2) is 53.8 Å². The lowest BCUT2D eigenvalue weighted by Crippen LogP contribution is -2.20. The molecule has 1 aliphatic rings. The van der Waals surface area contributed by atoms with Gasteiger partial charge in [-0.05, 0) is 52.7 Å². The third kappa shape index (κ3) is 13.3. The zero-order valence-electron chi connectivity index (χ0n) is 22.0. The molecule has 0 radical (unpaired) electrons. The maximum Gasteiger partial charge on any atom is 0.342 e. The molecule has 0 N–H and O–H groups in total. The van der Waals surface area contributed by atoms with Gasteiger partial charge < -0.3 is 9.47 Å². The van der Waals surface area contributed by atoms with Gasteiger partial charge in [-0.3, -0.25) is 19.5 Å². The van der Waals surface area contributed by atoms with Crippen molar-refractivity contribution < 1.29 is 23.9 Å². The minimum atomic E-state index is -0.769. The molecule has 0 fully saturated rings. The molecule has 0 aromatic carbocycles. The first-order valence-corrected chi connectivity index (χ1v) is 11.2. The van der Waals surface area contributed by atoms with Gasteiger partial charge in [0, 0.05) is 26.1 Å². The monoisotopic (exact) mass is 472 g/mol. The Morgan fingerprint density at radius 2 is 1.71 bits per heavy atom. The maximum absolute atomic E-state index is 11.6. The maximum atomic E-state index is 11.6. The van der Waals surface area contributed by atoms with Gasteiger partial charge in [-0.2, -0.15) is 0 Å². The summed E-state index contributed by atoms with van der Waals surface area (Å²) in [7, 11) is 3.25. The molecule has 1 aromatic rings. The molecule has 0 unspecified atom stereocenters. The van der Waals surface area contributed by atoms with Gasteiger partial charge in [0.25, 0.3) is 0 Å². The molecular weight excluding hydrogens is 432 g/mol. The van der Waals surface area contributed by atoms with Crippen molar-refractivity contribution in [3.8, 4) is 0 Å². The van der Waals surface area contributed by atoms with Crippen LogP contribution in [0, 0.1) is 20.8 Å². The SMILES string of the molecule is CC.CC1=CC=CC=CC1.CCOC(=O)/C(C=O)=C/N(C=O)c1c(C)cc(C)nc1C.COC. The Balaban J connectivity index is 0. The van der Waals surface area contributed by atoms with Gasteiger partial charge in [-0.25, -0.2) is 4.79 Å². The third-order valence-electron chi connectivity index (χ3n) is 3.95. The molecule has 2 rings (SSSR count). The highest BCUT2D eigenvalue weighted by molar-refractivity contribution is 6.08. The fourth-order valence-corrected chi connectivity index (χ4v) is 2.73. The second-order valence-electron chi connectivity index (χ2n) is 6.89. The van der Waals surface area contributed by atoms with Crippen LogP contribution in [0.1, 0.15) is 51.1 Å². The Bertz CT molecular complexity index is 860. The number of allylic oxidation sites excluding steroid dienone is 6. The lowest BCUT2D eigenvalue weighted by atomic mass is 10.1. The highest BCUT2D eigenvalue weighted by atomic mass is 16.5. The van der Waals surface area contributed by atoms with Crippen molar-refractivity contribution in [2.45, 2.75) is 54.9 Å². The molecule has 34 heavy (non-hydrogen) atoms. The molecule has 1 aliphatic carbocycles. The number of anilines is 1. The summed E-state index contributed by atoms with van der Waals surface area (Å²) in [6, 6.07) is 1.82. The molecule has 7 nitrogen and oxygen atoms in total. The lowest BCUT2D eigenvalue weighted by Gasteiger charge is -2.18. The van der Waals surface area contributed by atoms with Crippen LogP contribution < -0.4 is 4.90 Å². The van der Waals surface area contributed by atoms with Gasteiger partial charge in [0.2, 0.25) is 6.41 Å². The summed E-state index contributed by atoms with van der Waals surface area (Å²) >= 11 is 0. The molecule has 7 heteroatoms. The molecule has 0 saturated carbocycles. The summed E-state index contributed by atoms with van der Waals surface area (Å²) in [5.41, 5.74) is 4.00. The first kappa shape index (κ1) is 32.9. The van der Waals surface area contributed by atoms with E-state index in [2.05, 4.69) is 47.0 Å². The number of pyridine rings is 1. The van der Waals surface area contributed by atoms with Crippen LogP contribution in [-0.4, -0.2) is 44.5 Å². The van der Waals surface area contributed by atoms with Crippen LogP contribution in [-0.2, 0) is 23.9 Å². The van der Waals surface area contributed by atoms with Gasteiger partial charge in [-0.1, -0.05) is 49.8 Å². The number of aldehydes is 1. The minimum Gasteiger partial charge on any atom is -0.462 e. The molecule has 0 atom stereocenters. The summed E-state index contributed by atoms with van der Waals surface area (Å²) in [6.45, 7) is 13.3. The highest BCUT2D eigenvalue weighted by Gasteiger charge is 2.16. The fourth-order valence-electron chi connectivity index (χ4n) is 2.73. The van der Waals surface area contributed by atoms with Gasteiger partial charge in [0.1, 0.15) is 5.57 Å². The van der Waals surface area contributed by atoms with Crippen molar-refractivity contribution in [1.82, 2.24) is 4.98 Å². The van der Waals surface area contributed by atoms with Crippen LogP contribution in [0.5, 0.6) is 0 Å². The Labute approximate surface area is 204 Å².